The predicted octanol–water partition coefficient (Wildman–Crippen LogP) is 6.01. The number of imidazole rings is 1. The Morgan fingerprint density at radius 1 is 1.06 bits per heavy atom. The monoisotopic (exact) mass is 459 g/mol. The van der Waals surface area contributed by atoms with Gasteiger partial charge in [0.1, 0.15) is 11.6 Å². The molecule has 4 nitrogen and oxygen atoms in total. The van der Waals surface area contributed by atoms with E-state index in [1.165, 1.54) is 12.1 Å². The van der Waals surface area contributed by atoms with Gasteiger partial charge in [-0.25, -0.2) is 13.8 Å². The molecule has 1 atom stereocenters. The van der Waals surface area contributed by atoms with Gasteiger partial charge in [0.15, 0.2) is 0 Å². The van der Waals surface area contributed by atoms with E-state index in [0.717, 1.165) is 47.0 Å². The molecule has 0 bridgehead atoms. The van der Waals surface area contributed by atoms with E-state index in [1.54, 1.807) is 17.8 Å². The molecule has 2 heterocycles. The Kier molecular flexibility index (Phi) is 5.68. The maximum absolute atomic E-state index is 14.5. The van der Waals surface area contributed by atoms with Crippen LogP contribution in [0.1, 0.15) is 65.2 Å². The van der Waals surface area contributed by atoms with Gasteiger partial charge in [0.25, 0.3) is 5.56 Å². The molecule has 0 amide bonds. The van der Waals surface area contributed by atoms with Crippen molar-refractivity contribution in [2.75, 3.05) is 0 Å². The van der Waals surface area contributed by atoms with Gasteiger partial charge in [0.2, 0.25) is 0 Å². The third-order valence-electron chi connectivity index (χ3n) is 6.66. The number of nitrogens with zero attached hydrogens (tertiary/aromatic N) is 3. The van der Waals surface area contributed by atoms with Gasteiger partial charge in [-0.3, -0.25) is 4.79 Å². The van der Waals surface area contributed by atoms with Gasteiger partial charge in [-0.05, 0) is 74.4 Å². The molecule has 5 rings (SSSR count). The van der Waals surface area contributed by atoms with E-state index in [1.807, 2.05) is 49.0 Å². The van der Waals surface area contributed by atoms with Crippen molar-refractivity contribution in [1.29, 1.82) is 0 Å². The van der Waals surface area contributed by atoms with Crippen molar-refractivity contribution in [1.82, 2.24) is 14.1 Å². The number of aromatic nitrogens is 3. The van der Waals surface area contributed by atoms with Crippen molar-refractivity contribution in [3.63, 3.8) is 0 Å². The topological polar surface area (TPSA) is 39.8 Å². The lowest BCUT2D eigenvalue weighted by Gasteiger charge is -2.19. The van der Waals surface area contributed by atoms with Crippen LogP contribution in [0.15, 0.2) is 66.0 Å². The van der Waals surface area contributed by atoms with E-state index in [0.29, 0.717) is 23.5 Å². The molecule has 174 valence electrons. The normalized spacial score (nSPS) is 14.4. The second-order valence-electron chi connectivity index (χ2n) is 9.35. The van der Waals surface area contributed by atoms with Gasteiger partial charge in [0, 0.05) is 41.7 Å². The van der Waals surface area contributed by atoms with Crippen LogP contribution < -0.4 is 5.56 Å². The highest BCUT2D eigenvalue weighted by molar-refractivity contribution is 5.44. The summed E-state index contributed by atoms with van der Waals surface area (Å²) in [5, 5.41) is 0. The second kappa shape index (κ2) is 8.67. The second-order valence-corrected chi connectivity index (χ2v) is 9.35. The van der Waals surface area contributed by atoms with E-state index in [9.17, 15) is 13.6 Å². The number of benzene rings is 2. The maximum atomic E-state index is 14.5. The van der Waals surface area contributed by atoms with Gasteiger partial charge >= 0.3 is 0 Å². The van der Waals surface area contributed by atoms with Crippen LogP contribution in [0.25, 0.3) is 5.69 Å². The van der Waals surface area contributed by atoms with Gasteiger partial charge in [-0.1, -0.05) is 18.2 Å². The maximum Gasteiger partial charge on any atom is 0.254 e. The van der Waals surface area contributed by atoms with Crippen molar-refractivity contribution >= 4 is 0 Å². The Labute approximate surface area is 197 Å². The summed E-state index contributed by atoms with van der Waals surface area (Å²) in [6.07, 6.45) is 8.31. The first-order valence-electron chi connectivity index (χ1n) is 11.6. The number of aryl methyl sites for hydroxylation is 2. The molecule has 0 radical (unpaired) electrons. The van der Waals surface area contributed by atoms with Gasteiger partial charge in [-0.15, -0.1) is 0 Å². The Balaban J connectivity index is 1.51. The Hall–Kier alpha value is -3.54. The van der Waals surface area contributed by atoms with Crippen LogP contribution in [0.2, 0.25) is 0 Å². The van der Waals surface area contributed by atoms with Crippen LogP contribution in [-0.2, 0) is 6.42 Å². The number of pyridine rings is 1. The highest BCUT2D eigenvalue weighted by atomic mass is 19.1. The van der Waals surface area contributed by atoms with Gasteiger partial charge in [-0.2, -0.15) is 0 Å². The Morgan fingerprint density at radius 2 is 1.85 bits per heavy atom. The molecular weight excluding hydrogens is 432 g/mol. The summed E-state index contributed by atoms with van der Waals surface area (Å²) >= 11 is 0. The fourth-order valence-corrected chi connectivity index (χ4v) is 4.62. The first-order chi connectivity index (χ1) is 16.3. The molecule has 1 aliphatic rings. The molecule has 4 aromatic rings. The minimum atomic E-state index is -0.640. The summed E-state index contributed by atoms with van der Waals surface area (Å²) in [6.45, 7) is 5.79. The molecule has 0 saturated heterocycles. The van der Waals surface area contributed by atoms with Crippen LogP contribution in [0.3, 0.4) is 0 Å². The molecule has 0 aliphatic heterocycles. The molecule has 0 N–H and O–H groups in total. The first kappa shape index (κ1) is 22.3. The first-order valence-corrected chi connectivity index (χ1v) is 11.6. The summed E-state index contributed by atoms with van der Waals surface area (Å²) in [4.78, 5) is 17.8. The fraction of sp³-hybridized carbons (Fsp3) is 0.286. The summed E-state index contributed by atoms with van der Waals surface area (Å²) in [5.74, 6) is -0.832. The van der Waals surface area contributed by atoms with E-state index in [2.05, 4.69) is 11.1 Å². The lowest BCUT2D eigenvalue weighted by atomic mass is 10.00. The van der Waals surface area contributed by atoms with E-state index < -0.39 is 17.7 Å². The minimum Gasteiger partial charge on any atom is -0.308 e. The molecule has 2 aromatic carbocycles. The molecule has 1 saturated carbocycles. The average molecular weight is 460 g/mol. The molecule has 34 heavy (non-hydrogen) atoms. The molecule has 6 heteroatoms. The largest absolute Gasteiger partial charge is 0.308 e. The number of halogens is 2. The van der Waals surface area contributed by atoms with Crippen molar-refractivity contribution < 1.29 is 8.78 Å². The minimum absolute atomic E-state index is 0.146. The number of hydrogen-bond acceptors (Lipinski definition) is 2. The van der Waals surface area contributed by atoms with Gasteiger partial charge in [0.05, 0.1) is 18.1 Å². The SMILES string of the molecule is Cc1cn(-c2ccc(Cc3cc(C4CC4)cn([C@@H](C)c4ccc(F)cc4F)c3=O)cc2C)cn1. The van der Waals surface area contributed by atoms with Crippen LogP contribution in [-0.4, -0.2) is 14.1 Å². The van der Waals surface area contributed by atoms with Crippen LogP contribution in [0.4, 0.5) is 8.78 Å². The molecule has 0 spiro atoms. The lowest BCUT2D eigenvalue weighted by molar-refractivity contribution is 0.529. The standard InChI is InChI=1S/C28H27F2N3O/c1-17-10-20(4-9-27(17)32-14-18(2)31-16-32)11-22-12-23(21-5-6-21)15-33(28(22)34)19(3)25-8-7-24(29)13-26(25)30/h4,7-10,12-16,19,21H,5-6,11H2,1-3H3/t19-/m0/s1. The van der Waals surface area contributed by atoms with Crippen molar-refractivity contribution in [3.05, 3.63) is 117 Å². The highest BCUT2D eigenvalue weighted by Crippen LogP contribution is 2.40. The average Bonchev–Trinajstić information content (AvgIpc) is 3.56. The Morgan fingerprint density at radius 3 is 2.50 bits per heavy atom. The summed E-state index contributed by atoms with van der Waals surface area (Å²) < 4.78 is 31.5. The molecule has 2 aromatic heterocycles. The highest BCUT2D eigenvalue weighted by Gasteiger charge is 2.26. The number of hydrogen-bond donors (Lipinski definition) is 0. The zero-order valence-electron chi connectivity index (χ0n) is 19.6. The van der Waals surface area contributed by atoms with Crippen molar-refractivity contribution in [2.24, 2.45) is 0 Å². The van der Waals surface area contributed by atoms with Crippen LogP contribution in [0.5, 0.6) is 0 Å². The summed E-state index contributed by atoms with van der Waals surface area (Å²) in [6, 6.07) is 11.2. The zero-order valence-corrected chi connectivity index (χ0v) is 19.6. The molecule has 1 aliphatic carbocycles. The summed E-state index contributed by atoms with van der Waals surface area (Å²) in [5.41, 5.74) is 6.08. The third-order valence-corrected chi connectivity index (χ3v) is 6.66. The fourth-order valence-electron chi connectivity index (χ4n) is 4.62. The van der Waals surface area contributed by atoms with E-state index in [4.69, 9.17) is 0 Å². The lowest BCUT2D eigenvalue weighted by Crippen LogP contribution is -2.28. The molecule has 0 unspecified atom stereocenters. The smallest absolute Gasteiger partial charge is 0.254 e. The summed E-state index contributed by atoms with van der Waals surface area (Å²) in [7, 11) is 0. The van der Waals surface area contributed by atoms with E-state index in [-0.39, 0.29) is 5.56 Å². The number of rotatable bonds is 6. The predicted molar refractivity (Wildman–Crippen MR) is 129 cm³/mol. The molecular formula is C28H27F2N3O. The quantitative estimate of drug-likeness (QED) is 0.354. The van der Waals surface area contributed by atoms with Crippen LogP contribution in [0, 0.1) is 25.5 Å². The third kappa shape index (κ3) is 4.32. The van der Waals surface area contributed by atoms with Crippen molar-refractivity contribution in [3.8, 4) is 5.69 Å². The van der Waals surface area contributed by atoms with Crippen molar-refractivity contribution in [2.45, 2.75) is 52.0 Å². The van der Waals surface area contributed by atoms with E-state index >= 15 is 0 Å². The van der Waals surface area contributed by atoms with Gasteiger partial charge < -0.3 is 9.13 Å². The van der Waals surface area contributed by atoms with Crippen LogP contribution >= 0.6 is 0 Å². The zero-order chi connectivity index (χ0) is 24.0. The Bertz CT molecular complexity index is 1430. The molecule has 1 fully saturated rings.